The molecule has 1 aliphatic carbocycles. The van der Waals surface area contributed by atoms with Crippen LogP contribution in [0.3, 0.4) is 0 Å². The Hall–Kier alpha value is -1.54. The normalized spacial score (nSPS) is 30.6. The monoisotopic (exact) mass is 548 g/mol. The number of carboxylic acids is 1. The van der Waals surface area contributed by atoms with E-state index in [4.69, 9.17) is 24.1 Å². The molecule has 39 heavy (non-hydrogen) atoms. The van der Waals surface area contributed by atoms with E-state index in [-0.39, 0.29) is 48.3 Å². The van der Waals surface area contributed by atoms with Crippen molar-refractivity contribution in [2.24, 2.45) is 23.7 Å². The second-order valence-corrected chi connectivity index (χ2v) is 11.7. The number of allylic oxidation sites excluding steroid dienone is 2. The molecule has 7 heteroatoms. The van der Waals surface area contributed by atoms with Crippen molar-refractivity contribution in [2.75, 3.05) is 13.2 Å². The minimum Gasteiger partial charge on any atom is -0.481 e. The van der Waals surface area contributed by atoms with Crippen molar-refractivity contribution in [1.29, 1.82) is 0 Å². The molecular weight excluding hydrogens is 496 g/mol. The summed E-state index contributed by atoms with van der Waals surface area (Å²) in [6.07, 6.45) is 19.5. The van der Waals surface area contributed by atoms with Gasteiger partial charge in [-0.25, -0.2) is 0 Å². The summed E-state index contributed by atoms with van der Waals surface area (Å²) >= 11 is 0. The molecule has 222 valence electrons. The molecule has 0 aromatic heterocycles. The molecule has 0 radical (unpaired) electrons. The molecular formula is C32H52O7. The second-order valence-electron chi connectivity index (χ2n) is 11.7. The zero-order chi connectivity index (χ0) is 28.0. The molecule has 0 amide bonds. The highest BCUT2D eigenvalue weighted by molar-refractivity contribution is 5.85. The van der Waals surface area contributed by atoms with Gasteiger partial charge in [-0.1, -0.05) is 57.9 Å². The van der Waals surface area contributed by atoms with Gasteiger partial charge in [0, 0.05) is 31.5 Å². The van der Waals surface area contributed by atoms with Crippen molar-refractivity contribution in [3.63, 3.8) is 0 Å². The smallest absolute Gasteiger partial charge is 0.306 e. The van der Waals surface area contributed by atoms with Crippen LogP contribution < -0.4 is 0 Å². The molecule has 2 heterocycles. The number of aliphatic carboxylic acids is 1. The maximum absolute atomic E-state index is 13.2. The van der Waals surface area contributed by atoms with E-state index in [0.717, 1.165) is 64.4 Å². The number of ether oxygens (including phenoxy) is 4. The molecule has 3 fully saturated rings. The van der Waals surface area contributed by atoms with E-state index >= 15 is 0 Å². The summed E-state index contributed by atoms with van der Waals surface area (Å²) in [6.45, 7) is 7.64. The standard InChI is InChI=1S/C32H52O7/c1-4-5-13-23(2)28(38-30-16-9-11-20-36-30)19-18-26-25(15-8-6-7-14-24(3)32(34)35)27(33)22-29(26)39-31-17-10-12-21-37-31/h6,8,18-19,23-26,28-31H,4-5,7,9-17,20-22H2,1-3H3,(H,34,35)/b8-6-,19-18+/t23-,24?,25+,26+,28+,29+,30?,31?/m0/s1. The van der Waals surface area contributed by atoms with Crippen LogP contribution in [0, 0.1) is 23.7 Å². The van der Waals surface area contributed by atoms with E-state index in [9.17, 15) is 9.59 Å². The zero-order valence-electron chi connectivity index (χ0n) is 24.4. The topological polar surface area (TPSA) is 91.3 Å². The molecule has 0 spiro atoms. The van der Waals surface area contributed by atoms with Crippen molar-refractivity contribution >= 4 is 11.8 Å². The van der Waals surface area contributed by atoms with Gasteiger partial charge in [-0.2, -0.15) is 0 Å². The SMILES string of the molecule is CCCC[C@H](C)[C@@H](/C=C/[C@H]1[C@H](OC2CCCCO2)CC(=O)[C@@H]1C/C=C\CCC(C)C(=O)O)OC1CCCCO1. The molecule has 0 bridgehead atoms. The Morgan fingerprint density at radius 3 is 2.41 bits per heavy atom. The number of Topliss-reactive ketones (excluding diaryl/α,β-unsaturated/α-hetero) is 1. The van der Waals surface area contributed by atoms with Gasteiger partial charge in [0.1, 0.15) is 5.78 Å². The Bertz CT molecular complexity index is 781. The molecule has 3 aliphatic rings. The summed E-state index contributed by atoms with van der Waals surface area (Å²) in [5, 5.41) is 9.12. The van der Waals surface area contributed by atoms with E-state index in [1.165, 1.54) is 0 Å². The van der Waals surface area contributed by atoms with E-state index < -0.39 is 5.97 Å². The van der Waals surface area contributed by atoms with Gasteiger partial charge >= 0.3 is 5.97 Å². The van der Waals surface area contributed by atoms with Gasteiger partial charge in [0.25, 0.3) is 0 Å². The maximum Gasteiger partial charge on any atom is 0.306 e. The third kappa shape index (κ3) is 10.8. The minimum atomic E-state index is -0.770. The molecule has 3 rings (SSSR count). The largest absolute Gasteiger partial charge is 0.481 e. The first-order chi connectivity index (χ1) is 18.9. The quantitative estimate of drug-likeness (QED) is 0.211. The fourth-order valence-electron chi connectivity index (χ4n) is 5.78. The van der Waals surface area contributed by atoms with Crippen LogP contribution in [0.4, 0.5) is 0 Å². The summed E-state index contributed by atoms with van der Waals surface area (Å²) in [5.74, 6) is -0.789. The van der Waals surface area contributed by atoms with Gasteiger partial charge in [0.2, 0.25) is 0 Å². The number of carbonyl (C=O) groups is 2. The van der Waals surface area contributed by atoms with Gasteiger partial charge in [-0.15, -0.1) is 0 Å². The van der Waals surface area contributed by atoms with Gasteiger partial charge in [-0.3, -0.25) is 9.59 Å². The van der Waals surface area contributed by atoms with Crippen LogP contribution in [0.15, 0.2) is 24.3 Å². The molecule has 1 N–H and O–H groups in total. The fourth-order valence-corrected chi connectivity index (χ4v) is 5.78. The predicted molar refractivity (Wildman–Crippen MR) is 151 cm³/mol. The molecule has 1 saturated carbocycles. The van der Waals surface area contributed by atoms with E-state index in [2.05, 4.69) is 26.0 Å². The first-order valence-electron chi connectivity index (χ1n) is 15.5. The number of hydrogen-bond acceptors (Lipinski definition) is 6. The van der Waals surface area contributed by atoms with Gasteiger partial charge in [0.05, 0.1) is 18.1 Å². The summed E-state index contributed by atoms with van der Waals surface area (Å²) in [4.78, 5) is 24.3. The minimum absolute atomic E-state index is 0.0534. The Balaban J connectivity index is 1.72. The van der Waals surface area contributed by atoms with E-state index in [1.54, 1.807) is 6.92 Å². The third-order valence-electron chi connectivity index (χ3n) is 8.46. The zero-order valence-corrected chi connectivity index (χ0v) is 24.4. The third-order valence-corrected chi connectivity index (χ3v) is 8.46. The highest BCUT2D eigenvalue weighted by atomic mass is 16.7. The van der Waals surface area contributed by atoms with Crippen LogP contribution in [0.5, 0.6) is 0 Å². The number of hydrogen-bond donors (Lipinski definition) is 1. The van der Waals surface area contributed by atoms with Crippen LogP contribution in [-0.2, 0) is 28.5 Å². The van der Waals surface area contributed by atoms with Gasteiger partial charge in [0.15, 0.2) is 12.6 Å². The molecule has 8 atom stereocenters. The lowest BCUT2D eigenvalue weighted by Gasteiger charge is -2.31. The summed E-state index contributed by atoms with van der Waals surface area (Å²) in [6, 6.07) is 0. The van der Waals surface area contributed by atoms with Crippen LogP contribution in [0.25, 0.3) is 0 Å². The second kappa shape index (κ2) is 17.3. The average molecular weight is 549 g/mol. The highest BCUT2D eigenvalue weighted by Crippen LogP contribution is 2.37. The summed E-state index contributed by atoms with van der Waals surface area (Å²) < 4.78 is 24.7. The molecule has 0 aromatic carbocycles. The number of carboxylic acid groups (broad SMARTS) is 1. The Kier molecular flexibility index (Phi) is 14.2. The van der Waals surface area contributed by atoms with Crippen LogP contribution >= 0.6 is 0 Å². The van der Waals surface area contributed by atoms with Crippen molar-refractivity contribution in [3.8, 4) is 0 Å². The molecule has 3 unspecified atom stereocenters. The number of ketones is 1. The van der Waals surface area contributed by atoms with Crippen molar-refractivity contribution < 1.29 is 33.6 Å². The summed E-state index contributed by atoms with van der Waals surface area (Å²) in [7, 11) is 0. The van der Waals surface area contributed by atoms with Crippen LogP contribution in [-0.4, -0.2) is 54.9 Å². The van der Waals surface area contributed by atoms with Crippen LogP contribution in [0.1, 0.15) is 104 Å². The first-order valence-corrected chi connectivity index (χ1v) is 15.5. The molecule has 7 nitrogen and oxygen atoms in total. The first kappa shape index (κ1) is 32.0. The lowest BCUT2D eigenvalue weighted by Crippen LogP contribution is -2.32. The molecule has 2 aliphatic heterocycles. The van der Waals surface area contributed by atoms with Crippen LogP contribution in [0.2, 0.25) is 0 Å². The van der Waals surface area contributed by atoms with Crippen molar-refractivity contribution in [3.05, 3.63) is 24.3 Å². The lowest BCUT2D eigenvalue weighted by atomic mass is 9.88. The Morgan fingerprint density at radius 2 is 1.77 bits per heavy atom. The van der Waals surface area contributed by atoms with Crippen molar-refractivity contribution in [1.82, 2.24) is 0 Å². The Morgan fingerprint density at radius 1 is 1.05 bits per heavy atom. The number of carbonyl (C=O) groups excluding carboxylic acids is 1. The highest BCUT2D eigenvalue weighted by Gasteiger charge is 2.42. The van der Waals surface area contributed by atoms with Gasteiger partial charge < -0.3 is 24.1 Å². The number of rotatable bonds is 16. The predicted octanol–water partition coefficient (Wildman–Crippen LogP) is 6.84. The molecule has 2 saturated heterocycles. The number of unbranched alkanes of at least 4 members (excludes halogenated alkanes) is 1. The van der Waals surface area contributed by atoms with Crippen molar-refractivity contribution in [2.45, 2.75) is 129 Å². The summed E-state index contributed by atoms with van der Waals surface area (Å²) in [5.41, 5.74) is 0. The van der Waals surface area contributed by atoms with E-state index in [0.29, 0.717) is 38.2 Å². The Labute approximate surface area is 235 Å². The molecule has 0 aromatic rings. The maximum atomic E-state index is 13.2. The average Bonchev–Trinajstić information content (AvgIpc) is 3.23. The lowest BCUT2D eigenvalue weighted by molar-refractivity contribution is -0.193. The van der Waals surface area contributed by atoms with Gasteiger partial charge in [-0.05, 0) is 70.1 Å². The van der Waals surface area contributed by atoms with E-state index in [1.807, 2.05) is 12.2 Å². The fraction of sp³-hybridized carbons (Fsp3) is 0.812.